The normalized spacial score (nSPS) is 10.8. The van der Waals surface area contributed by atoms with E-state index in [1.54, 1.807) is 10.5 Å². The monoisotopic (exact) mass is 272 g/mol. The van der Waals surface area contributed by atoms with Crippen molar-refractivity contribution >= 4 is 15.4 Å². The van der Waals surface area contributed by atoms with Crippen LogP contribution in [-0.4, -0.2) is 15.4 Å². The average Bonchev–Trinajstić information content (AvgIpc) is 2.26. The van der Waals surface area contributed by atoms with Crippen LogP contribution in [0.2, 0.25) is 10.5 Å². The van der Waals surface area contributed by atoms with Crippen molar-refractivity contribution in [3.8, 4) is 0 Å². The molecule has 15 heavy (non-hydrogen) atoms. The first kappa shape index (κ1) is 15.5. The molecule has 0 saturated heterocycles. The van der Waals surface area contributed by atoms with Gasteiger partial charge in [0.05, 0.1) is 0 Å². The summed E-state index contributed by atoms with van der Waals surface area (Å²) in [5, 5.41) is 3.22. The first-order valence-electron chi connectivity index (χ1n) is 7.12. The fourth-order valence-electron chi connectivity index (χ4n) is 1.83. The minimum atomic E-state index is 0.457. The average molecular weight is 271 g/mol. The van der Waals surface area contributed by atoms with Gasteiger partial charge in [-0.2, -0.15) is 0 Å². The molecule has 0 aromatic carbocycles. The van der Waals surface area contributed by atoms with E-state index in [4.69, 9.17) is 0 Å². The van der Waals surface area contributed by atoms with Gasteiger partial charge in [0.2, 0.25) is 0 Å². The van der Waals surface area contributed by atoms with E-state index >= 15 is 0 Å². The molecule has 0 nitrogen and oxygen atoms in total. The van der Waals surface area contributed by atoms with Gasteiger partial charge in [0.25, 0.3) is 0 Å². The standard InChI is InChI=1S/C14H30Ge/c1-3-5-7-9-11-13-15-14-12-10-8-6-4-2/h3-14H2,1-2H3. The Hall–Kier alpha value is 0.543. The predicted octanol–water partition coefficient (Wildman–Crippen LogP) is 5.47. The maximum absolute atomic E-state index is 2.30. The van der Waals surface area contributed by atoms with Gasteiger partial charge in [-0.3, -0.25) is 0 Å². The van der Waals surface area contributed by atoms with Crippen molar-refractivity contribution in [3.63, 3.8) is 0 Å². The summed E-state index contributed by atoms with van der Waals surface area (Å²) in [7, 11) is 0. The molecule has 0 amide bonds. The molecule has 0 unspecified atom stereocenters. The Morgan fingerprint density at radius 2 is 0.933 bits per heavy atom. The van der Waals surface area contributed by atoms with Crippen LogP contribution >= 0.6 is 0 Å². The molecular weight excluding hydrogens is 241 g/mol. The first-order chi connectivity index (χ1) is 7.41. The van der Waals surface area contributed by atoms with Crippen LogP contribution in [-0.2, 0) is 0 Å². The van der Waals surface area contributed by atoms with E-state index in [2.05, 4.69) is 13.8 Å². The van der Waals surface area contributed by atoms with Gasteiger partial charge in [-0.15, -0.1) is 0 Å². The third-order valence-corrected chi connectivity index (χ3v) is 5.88. The van der Waals surface area contributed by atoms with Gasteiger partial charge in [-0.25, -0.2) is 0 Å². The van der Waals surface area contributed by atoms with E-state index in [1.165, 1.54) is 64.2 Å². The van der Waals surface area contributed by atoms with Gasteiger partial charge in [0.15, 0.2) is 0 Å². The van der Waals surface area contributed by atoms with Crippen LogP contribution in [0.15, 0.2) is 0 Å². The predicted molar refractivity (Wildman–Crippen MR) is 72.9 cm³/mol. The Bertz CT molecular complexity index is 89.5. The van der Waals surface area contributed by atoms with E-state index in [1.807, 2.05) is 0 Å². The van der Waals surface area contributed by atoms with E-state index in [0.29, 0.717) is 15.4 Å². The quantitative estimate of drug-likeness (QED) is 0.326. The van der Waals surface area contributed by atoms with Crippen LogP contribution in [0.1, 0.15) is 78.1 Å². The van der Waals surface area contributed by atoms with Crippen molar-refractivity contribution in [1.82, 2.24) is 0 Å². The van der Waals surface area contributed by atoms with E-state index in [9.17, 15) is 0 Å². The molecule has 90 valence electrons. The molecular formula is C14H30Ge. The van der Waals surface area contributed by atoms with Crippen LogP contribution in [0.4, 0.5) is 0 Å². The van der Waals surface area contributed by atoms with Gasteiger partial charge < -0.3 is 0 Å². The van der Waals surface area contributed by atoms with Crippen LogP contribution in [0.5, 0.6) is 0 Å². The molecule has 0 atom stereocenters. The van der Waals surface area contributed by atoms with Crippen molar-refractivity contribution in [3.05, 3.63) is 0 Å². The molecule has 0 aliphatic carbocycles. The van der Waals surface area contributed by atoms with Gasteiger partial charge in [0.1, 0.15) is 0 Å². The second kappa shape index (κ2) is 14.5. The number of rotatable bonds is 12. The summed E-state index contributed by atoms with van der Waals surface area (Å²) in [6.45, 7) is 4.59. The summed E-state index contributed by atoms with van der Waals surface area (Å²) >= 11 is 0.457. The molecule has 0 bridgehead atoms. The third-order valence-electron chi connectivity index (χ3n) is 2.91. The number of unbranched alkanes of at least 4 members (excludes halogenated alkanes) is 8. The fourth-order valence-corrected chi connectivity index (χ4v) is 4.45. The summed E-state index contributed by atoms with van der Waals surface area (Å²) in [5.41, 5.74) is 0. The van der Waals surface area contributed by atoms with Crippen molar-refractivity contribution in [2.45, 2.75) is 88.6 Å². The Kier molecular flexibility index (Phi) is 15.1. The number of hydrogen-bond acceptors (Lipinski definition) is 0. The van der Waals surface area contributed by atoms with Crippen molar-refractivity contribution < 1.29 is 0 Å². The number of hydrogen-bond donors (Lipinski definition) is 0. The Morgan fingerprint density at radius 3 is 1.33 bits per heavy atom. The molecule has 0 aromatic heterocycles. The fraction of sp³-hybridized carbons (Fsp3) is 1.00. The van der Waals surface area contributed by atoms with Crippen molar-refractivity contribution in [1.29, 1.82) is 0 Å². The van der Waals surface area contributed by atoms with Gasteiger partial charge >= 0.3 is 104 Å². The molecule has 0 rings (SSSR count). The van der Waals surface area contributed by atoms with Crippen LogP contribution < -0.4 is 0 Å². The SMILES string of the molecule is CCCCCC[CH2][Ge][CH2]CCCCCC. The van der Waals surface area contributed by atoms with Gasteiger partial charge in [0, 0.05) is 0 Å². The van der Waals surface area contributed by atoms with Crippen molar-refractivity contribution in [2.75, 3.05) is 0 Å². The molecule has 0 N–H and O–H groups in total. The molecule has 0 fully saturated rings. The van der Waals surface area contributed by atoms with Crippen LogP contribution in [0, 0.1) is 0 Å². The van der Waals surface area contributed by atoms with E-state index in [-0.39, 0.29) is 0 Å². The van der Waals surface area contributed by atoms with Gasteiger partial charge in [-0.1, -0.05) is 0 Å². The zero-order valence-electron chi connectivity index (χ0n) is 11.0. The molecule has 0 aromatic rings. The van der Waals surface area contributed by atoms with Crippen LogP contribution in [0.25, 0.3) is 0 Å². The molecule has 2 radical (unpaired) electrons. The Balaban J connectivity index is 2.81. The minimum absolute atomic E-state index is 0.457. The van der Waals surface area contributed by atoms with Crippen LogP contribution in [0.3, 0.4) is 0 Å². The molecule has 0 spiro atoms. The Morgan fingerprint density at radius 1 is 0.533 bits per heavy atom. The molecule has 0 heterocycles. The summed E-state index contributed by atoms with van der Waals surface area (Å²) < 4.78 is 0. The zero-order valence-corrected chi connectivity index (χ0v) is 13.1. The third kappa shape index (κ3) is 14.5. The summed E-state index contributed by atoms with van der Waals surface area (Å²) in [4.78, 5) is 0. The topological polar surface area (TPSA) is 0 Å². The van der Waals surface area contributed by atoms with Crippen molar-refractivity contribution in [2.24, 2.45) is 0 Å². The molecule has 0 saturated carbocycles. The first-order valence-corrected chi connectivity index (χ1v) is 10.1. The summed E-state index contributed by atoms with van der Waals surface area (Å²) in [5.74, 6) is 0. The van der Waals surface area contributed by atoms with Gasteiger partial charge in [-0.05, 0) is 0 Å². The second-order valence-electron chi connectivity index (χ2n) is 4.58. The second-order valence-corrected chi connectivity index (χ2v) is 7.73. The molecule has 0 aliphatic heterocycles. The zero-order chi connectivity index (χ0) is 11.2. The molecule has 1 heteroatoms. The van der Waals surface area contributed by atoms with E-state index < -0.39 is 0 Å². The molecule has 0 aliphatic rings. The maximum atomic E-state index is 2.30. The summed E-state index contributed by atoms with van der Waals surface area (Å²) in [6, 6.07) is 0. The van der Waals surface area contributed by atoms with E-state index in [0.717, 1.165) is 0 Å². The summed E-state index contributed by atoms with van der Waals surface area (Å²) in [6.07, 6.45) is 14.7. The Labute approximate surface area is 104 Å².